The van der Waals surface area contributed by atoms with Crippen molar-refractivity contribution in [2.45, 2.75) is 25.3 Å². The zero-order chi connectivity index (χ0) is 19.6. The molecule has 1 unspecified atom stereocenters. The van der Waals surface area contributed by atoms with E-state index in [4.69, 9.17) is 0 Å². The fourth-order valence-electron chi connectivity index (χ4n) is 2.54. The average Bonchev–Trinajstić information content (AvgIpc) is 2.65. The Morgan fingerprint density at radius 3 is 2.39 bits per heavy atom. The molecule has 0 saturated heterocycles. The molecule has 0 aliphatic carbocycles. The first kappa shape index (κ1) is 24.6. The third-order valence-electron chi connectivity index (χ3n) is 3.94. The van der Waals surface area contributed by atoms with Crippen molar-refractivity contribution >= 4 is 41.7 Å². The van der Waals surface area contributed by atoms with Crippen molar-refractivity contribution in [2.75, 3.05) is 19.3 Å². The molecule has 154 valence electrons. The minimum Gasteiger partial charge on any atom is -0.387 e. The van der Waals surface area contributed by atoms with Crippen molar-refractivity contribution in [3.05, 3.63) is 70.8 Å². The van der Waals surface area contributed by atoms with Crippen LogP contribution in [0, 0.1) is 11.6 Å². The maximum Gasteiger partial charge on any atom is 0.191 e. The van der Waals surface area contributed by atoms with Crippen LogP contribution in [0.25, 0.3) is 0 Å². The van der Waals surface area contributed by atoms with Gasteiger partial charge in [-0.05, 0) is 54.1 Å². The molecule has 0 aliphatic heterocycles. The highest BCUT2D eigenvalue weighted by Gasteiger charge is 2.09. The molecular weight excluding hydrogens is 495 g/mol. The third-order valence-corrected chi connectivity index (χ3v) is 4.54. The molecular formula is C20H26F2IN3OS. The Hall–Kier alpha value is -1.39. The van der Waals surface area contributed by atoms with Crippen LogP contribution in [0.3, 0.4) is 0 Å². The smallest absolute Gasteiger partial charge is 0.191 e. The first-order valence-electron chi connectivity index (χ1n) is 8.75. The number of thioether (sulfide) groups is 1. The van der Waals surface area contributed by atoms with Gasteiger partial charge in [0.05, 0.1) is 12.6 Å². The molecule has 8 heteroatoms. The lowest BCUT2D eigenvalue weighted by Crippen LogP contribution is -2.39. The topological polar surface area (TPSA) is 56.7 Å². The standard InChI is InChI=1S/C20H25F2N3OS.HI/c1-3-23-20(25-12-19(26)14-4-7-17(21)8-5-14)24-11-15-6-9-18(22)10-16(15)13-27-2;/h4-10,19,26H,3,11-13H2,1-2H3,(H2,23,24,25);1H. The summed E-state index contributed by atoms with van der Waals surface area (Å²) in [5, 5.41) is 16.4. The van der Waals surface area contributed by atoms with E-state index < -0.39 is 6.10 Å². The molecule has 3 N–H and O–H groups in total. The molecule has 0 heterocycles. The van der Waals surface area contributed by atoms with Crippen LogP contribution in [0.4, 0.5) is 8.78 Å². The average molecular weight is 521 g/mol. The number of benzene rings is 2. The zero-order valence-electron chi connectivity index (χ0n) is 15.9. The number of aliphatic imine (C=N–C) groups is 1. The number of halogens is 3. The van der Waals surface area contributed by atoms with Crippen molar-refractivity contribution < 1.29 is 13.9 Å². The number of nitrogens with one attached hydrogen (secondary N) is 2. The van der Waals surface area contributed by atoms with E-state index in [2.05, 4.69) is 15.6 Å². The predicted molar refractivity (Wildman–Crippen MR) is 123 cm³/mol. The SMILES string of the molecule is CCNC(=NCc1ccc(F)cc1CSC)NCC(O)c1ccc(F)cc1.I. The van der Waals surface area contributed by atoms with Crippen molar-refractivity contribution in [1.29, 1.82) is 0 Å². The second kappa shape index (κ2) is 12.9. The summed E-state index contributed by atoms with van der Waals surface area (Å²) in [5.74, 6) is 0.682. The van der Waals surface area contributed by atoms with E-state index >= 15 is 0 Å². The Morgan fingerprint density at radius 1 is 1.07 bits per heavy atom. The number of aliphatic hydroxyl groups is 1. The quantitative estimate of drug-likeness (QED) is 0.277. The van der Waals surface area contributed by atoms with E-state index in [0.717, 1.165) is 16.9 Å². The van der Waals surface area contributed by atoms with Gasteiger partial charge in [0.2, 0.25) is 0 Å². The lowest BCUT2D eigenvalue weighted by atomic mass is 10.1. The molecule has 0 aliphatic rings. The van der Waals surface area contributed by atoms with Crippen LogP contribution in [-0.2, 0) is 12.3 Å². The van der Waals surface area contributed by atoms with E-state index in [1.54, 1.807) is 36.0 Å². The summed E-state index contributed by atoms with van der Waals surface area (Å²) in [6, 6.07) is 10.5. The number of hydrogen-bond acceptors (Lipinski definition) is 3. The molecule has 1 atom stereocenters. The minimum atomic E-state index is -0.785. The molecule has 2 rings (SSSR count). The summed E-state index contributed by atoms with van der Waals surface area (Å²) in [5.41, 5.74) is 2.51. The van der Waals surface area contributed by atoms with Gasteiger partial charge in [0.1, 0.15) is 11.6 Å². The van der Waals surface area contributed by atoms with Gasteiger partial charge in [0, 0.05) is 18.8 Å². The summed E-state index contributed by atoms with van der Waals surface area (Å²) in [7, 11) is 0. The van der Waals surface area contributed by atoms with Crippen LogP contribution in [0.2, 0.25) is 0 Å². The van der Waals surface area contributed by atoms with Gasteiger partial charge >= 0.3 is 0 Å². The zero-order valence-corrected chi connectivity index (χ0v) is 19.1. The van der Waals surface area contributed by atoms with Gasteiger partial charge in [0.15, 0.2) is 5.96 Å². The van der Waals surface area contributed by atoms with Gasteiger partial charge < -0.3 is 15.7 Å². The van der Waals surface area contributed by atoms with Gasteiger partial charge in [-0.3, -0.25) is 0 Å². The number of hydrogen-bond donors (Lipinski definition) is 3. The Bertz CT molecular complexity index is 760. The Morgan fingerprint density at radius 2 is 1.75 bits per heavy atom. The van der Waals surface area contributed by atoms with E-state index in [1.807, 2.05) is 13.2 Å². The highest BCUT2D eigenvalue weighted by Crippen LogP contribution is 2.17. The van der Waals surface area contributed by atoms with Crippen molar-refractivity contribution in [3.8, 4) is 0 Å². The molecule has 4 nitrogen and oxygen atoms in total. The van der Waals surface area contributed by atoms with Crippen LogP contribution in [-0.4, -0.2) is 30.4 Å². The van der Waals surface area contributed by atoms with E-state index in [0.29, 0.717) is 24.6 Å². The Labute approximate surface area is 186 Å². The summed E-state index contributed by atoms with van der Waals surface area (Å²) in [4.78, 5) is 4.53. The number of rotatable bonds is 8. The number of aliphatic hydroxyl groups excluding tert-OH is 1. The Kier molecular flexibility index (Phi) is 11.4. The molecule has 0 saturated carbocycles. The first-order chi connectivity index (χ1) is 13.0. The molecule has 0 radical (unpaired) electrons. The van der Waals surface area contributed by atoms with Crippen LogP contribution in [0.1, 0.15) is 29.7 Å². The summed E-state index contributed by atoms with van der Waals surface area (Å²) >= 11 is 1.63. The maximum absolute atomic E-state index is 13.5. The fraction of sp³-hybridized carbons (Fsp3) is 0.350. The largest absolute Gasteiger partial charge is 0.387 e. The molecule has 0 bridgehead atoms. The fourth-order valence-corrected chi connectivity index (χ4v) is 3.12. The van der Waals surface area contributed by atoms with Gasteiger partial charge in [-0.15, -0.1) is 24.0 Å². The molecule has 2 aromatic carbocycles. The molecule has 28 heavy (non-hydrogen) atoms. The molecule has 0 fully saturated rings. The second-order valence-corrected chi connectivity index (χ2v) is 6.86. The molecule has 0 spiro atoms. The van der Waals surface area contributed by atoms with E-state index in [1.165, 1.54) is 18.2 Å². The van der Waals surface area contributed by atoms with E-state index in [-0.39, 0.29) is 42.2 Å². The summed E-state index contributed by atoms with van der Waals surface area (Å²) < 4.78 is 26.5. The summed E-state index contributed by atoms with van der Waals surface area (Å²) in [6.45, 7) is 3.25. The molecule has 0 amide bonds. The predicted octanol–water partition coefficient (Wildman–Crippen LogP) is 4.23. The van der Waals surface area contributed by atoms with Gasteiger partial charge in [0.25, 0.3) is 0 Å². The van der Waals surface area contributed by atoms with Crippen LogP contribution in [0.5, 0.6) is 0 Å². The van der Waals surface area contributed by atoms with Crippen LogP contribution in [0.15, 0.2) is 47.5 Å². The highest BCUT2D eigenvalue weighted by atomic mass is 127. The van der Waals surface area contributed by atoms with Crippen LogP contribution < -0.4 is 10.6 Å². The number of guanidine groups is 1. The maximum atomic E-state index is 13.5. The minimum absolute atomic E-state index is 0. The monoisotopic (exact) mass is 521 g/mol. The normalized spacial score (nSPS) is 12.2. The second-order valence-electron chi connectivity index (χ2n) is 5.99. The van der Waals surface area contributed by atoms with Crippen molar-refractivity contribution in [3.63, 3.8) is 0 Å². The molecule has 2 aromatic rings. The lowest BCUT2D eigenvalue weighted by Gasteiger charge is -2.16. The van der Waals surface area contributed by atoms with Crippen molar-refractivity contribution in [2.24, 2.45) is 4.99 Å². The van der Waals surface area contributed by atoms with Gasteiger partial charge in [-0.25, -0.2) is 13.8 Å². The van der Waals surface area contributed by atoms with Gasteiger partial charge in [-0.1, -0.05) is 18.2 Å². The highest BCUT2D eigenvalue weighted by molar-refractivity contribution is 14.0. The van der Waals surface area contributed by atoms with Crippen molar-refractivity contribution in [1.82, 2.24) is 10.6 Å². The van der Waals surface area contributed by atoms with E-state index in [9.17, 15) is 13.9 Å². The van der Waals surface area contributed by atoms with Crippen LogP contribution >= 0.6 is 35.7 Å². The number of nitrogens with zero attached hydrogens (tertiary/aromatic N) is 1. The summed E-state index contributed by atoms with van der Waals surface area (Å²) in [6.07, 6.45) is 1.19. The van der Waals surface area contributed by atoms with Gasteiger partial charge in [-0.2, -0.15) is 11.8 Å². The third kappa shape index (κ3) is 7.92. The first-order valence-corrected chi connectivity index (χ1v) is 10.1. The molecule has 0 aromatic heterocycles. The Balaban J connectivity index is 0.00000392. The lowest BCUT2D eigenvalue weighted by molar-refractivity contribution is 0.180.